The van der Waals surface area contributed by atoms with Crippen molar-refractivity contribution in [3.63, 3.8) is 0 Å². The van der Waals surface area contributed by atoms with Gasteiger partial charge in [-0.3, -0.25) is 4.79 Å². The van der Waals surface area contributed by atoms with Crippen molar-refractivity contribution in [1.82, 2.24) is 14.9 Å². The van der Waals surface area contributed by atoms with Gasteiger partial charge in [-0.2, -0.15) is 0 Å². The number of aromatic nitrogens is 2. The first-order chi connectivity index (χ1) is 12.6. The zero-order valence-electron chi connectivity index (χ0n) is 16.1. The maximum absolute atomic E-state index is 11.9. The maximum atomic E-state index is 11.9. The van der Waals surface area contributed by atoms with Crippen LogP contribution in [0.4, 0.5) is 0 Å². The van der Waals surface area contributed by atoms with E-state index in [1.165, 1.54) is 11.8 Å². The van der Waals surface area contributed by atoms with Crippen LogP contribution in [0.1, 0.15) is 34.1 Å². The molecular weight excluding hydrogens is 369 g/mol. The number of carbonyl (C=O) groups is 1. The molecule has 148 valence electrons. The number of hydrogen-bond donors (Lipinski definition) is 2. The highest BCUT2D eigenvalue weighted by molar-refractivity contribution is 7.99. The van der Waals surface area contributed by atoms with Gasteiger partial charge in [-0.05, 0) is 34.1 Å². The van der Waals surface area contributed by atoms with Crippen LogP contribution in [0.3, 0.4) is 0 Å². The van der Waals surface area contributed by atoms with Crippen LogP contribution in [0.15, 0.2) is 17.6 Å². The molecule has 0 bridgehead atoms. The molecule has 0 aromatic carbocycles. The number of thioether (sulfide) groups is 1. The predicted octanol–water partition coefficient (Wildman–Crippen LogP) is -0.178. The first-order valence-corrected chi connectivity index (χ1v) is 9.93. The molecule has 0 unspecified atom stereocenters. The Morgan fingerprint density at radius 2 is 1.93 bits per heavy atom. The van der Waals surface area contributed by atoms with E-state index < -0.39 is 36.9 Å². The summed E-state index contributed by atoms with van der Waals surface area (Å²) < 4.78 is 12.0. The number of rotatable bonds is 5. The van der Waals surface area contributed by atoms with Gasteiger partial charge in [0.25, 0.3) is 5.91 Å². The van der Waals surface area contributed by atoms with Gasteiger partial charge in [-0.1, -0.05) is 11.8 Å². The van der Waals surface area contributed by atoms with Crippen molar-refractivity contribution in [2.24, 2.45) is 0 Å². The van der Waals surface area contributed by atoms with E-state index in [1.54, 1.807) is 17.3 Å². The van der Waals surface area contributed by atoms with E-state index in [-0.39, 0.29) is 5.25 Å². The van der Waals surface area contributed by atoms with Gasteiger partial charge in [-0.15, -0.1) is 0 Å². The van der Waals surface area contributed by atoms with Gasteiger partial charge in [0.2, 0.25) is 0 Å². The Morgan fingerprint density at radius 3 is 2.48 bits per heavy atom. The van der Waals surface area contributed by atoms with Crippen LogP contribution in [0.2, 0.25) is 0 Å². The van der Waals surface area contributed by atoms with Gasteiger partial charge in [0.1, 0.15) is 0 Å². The van der Waals surface area contributed by atoms with E-state index in [2.05, 4.69) is 9.97 Å². The first kappa shape index (κ1) is 20.5. The highest BCUT2D eigenvalue weighted by Gasteiger charge is 2.52. The van der Waals surface area contributed by atoms with Gasteiger partial charge in [0.15, 0.2) is 11.3 Å². The van der Waals surface area contributed by atoms with Crippen molar-refractivity contribution >= 4 is 30.3 Å². The van der Waals surface area contributed by atoms with Crippen LogP contribution >= 0.6 is 11.8 Å². The normalized spacial score (nSPS) is 25.0. The van der Waals surface area contributed by atoms with E-state index in [9.17, 15) is 9.90 Å². The molecule has 2 N–H and O–H groups in total. The van der Waals surface area contributed by atoms with Gasteiger partial charge >= 0.3 is 7.12 Å². The Morgan fingerprint density at radius 1 is 1.33 bits per heavy atom. The molecule has 1 amide bonds. The maximum Gasteiger partial charge on any atom is 0.498 e. The standard InChI is InChI=1S/C17H26BN3O5S/c1-16(2)17(3,4)26-18(25-16)11-7-19-15(20-8-11)27-12-5-6-21(9-12)14(24)13(23)10-22/h7-8,12-13,22-23H,5-6,9-10H2,1-4H3/t12-,13-/m1/s1. The third-order valence-corrected chi connectivity index (χ3v) is 6.50. The van der Waals surface area contributed by atoms with E-state index in [4.69, 9.17) is 14.4 Å². The molecule has 10 heteroatoms. The monoisotopic (exact) mass is 395 g/mol. The molecule has 8 nitrogen and oxygen atoms in total. The number of aliphatic hydroxyl groups excluding tert-OH is 2. The van der Waals surface area contributed by atoms with Crippen molar-refractivity contribution in [1.29, 1.82) is 0 Å². The predicted molar refractivity (Wildman–Crippen MR) is 102 cm³/mol. The van der Waals surface area contributed by atoms with Crippen LogP contribution in [-0.2, 0) is 14.1 Å². The van der Waals surface area contributed by atoms with Gasteiger partial charge < -0.3 is 24.4 Å². The summed E-state index contributed by atoms with van der Waals surface area (Å²) in [4.78, 5) is 22.3. The molecule has 3 heterocycles. The minimum absolute atomic E-state index is 0.155. The van der Waals surface area contributed by atoms with Gasteiger partial charge in [0, 0.05) is 36.2 Å². The third kappa shape index (κ3) is 4.29. The van der Waals surface area contributed by atoms with E-state index in [0.717, 1.165) is 11.9 Å². The summed E-state index contributed by atoms with van der Waals surface area (Å²) >= 11 is 1.50. The van der Waals surface area contributed by atoms with Crippen molar-refractivity contribution in [3.05, 3.63) is 12.4 Å². The summed E-state index contributed by atoms with van der Waals surface area (Å²) in [7, 11) is -0.492. The molecule has 1 aromatic rings. The molecule has 2 aliphatic heterocycles. The summed E-state index contributed by atoms with van der Waals surface area (Å²) in [5.41, 5.74) is -0.0546. The topological polar surface area (TPSA) is 105 Å². The molecule has 0 radical (unpaired) electrons. The number of likely N-dealkylation sites (tertiary alicyclic amines) is 1. The molecule has 2 saturated heterocycles. The Hall–Kier alpha value is -1.20. The average molecular weight is 395 g/mol. The molecule has 27 heavy (non-hydrogen) atoms. The summed E-state index contributed by atoms with van der Waals surface area (Å²) in [6.07, 6.45) is 2.87. The van der Waals surface area contributed by atoms with Crippen LogP contribution in [-0.4, -0.2) is 80.4 Å². The van der Waals surface area contributed by atoms with Crippen LogP contribution in [0, 0.1) is 0 Å². The van der Waals surface area contributed by atoms with Crippen LogP contribution < -0.4 is 5.46 Å². The largest absolute Gasteiger partial charge is 0.498 e. The number of amides is 1. The van der Waals surface area contributed by atoms with Crippen molar-refractivity contribution < 1.29 is 24.3 Å². The fourth-order valence-electron chi connectivity index (χ4n) is 2.95. The lowest BCUT2D eigenvalue weighted by molar-refractivity contribution is -0.140. The fraction of sp³-hybridized carbons (Fsp3) is 0.706. The van der Waals surface area contributed by atoms with Gasteiger partial charge in [-0.25, -0.2) is 9.97 Å². The average Bonchev–Trinajstić information content (AvgIpc) is 3.16. The molecule has 1 aromatic heterocycles. The van der Waals surface area contributed by atoms with Crippen molar-refractivity contribution in [2.45, 2.75) is 61.8 Å². The fourth-order valence-corrected chi connectivity index (χ4v) is 3.95. The SMILES string of the molecule is CC1(C)OB(c2cnc(S[C@@H]3CCN(C(=O)[C@H](O)CO)C3)nc2)OC1(C)C. The minimum atomic E-state index is -1.34. The Balaban J connectivity index is 1.57. The molecule has 3 rings (SSSR count). The van der Waals surface area contributed by atoms with Crippen LogP contribution in [0.5, 0.6) is 0 Å². The molecule has 0 aliphatic carbocycles. The second-order valence-electron chi connectivity index (χ2n) is 7.90. The zero-order chi connectivity index (χ0) is 19.8. The summed E-state index contributed by atoms with van der Waals surface area (Å²) in [5, 5.41) is 19.2. The van der Waals surface area contributed by atoms with E-state index in [0.29, 0.717) is 18.2 Å². The lowest BCUT2D eigenvalue weighted by atomic mass is 9.81. The lowest BCUT2D eigenvalue weighted by Gasteiger charge is -2.32. The van der Waals surface area contributed by atoms with Crippen LogP contribution in [0.25, 0.3) is 0 Å². The third-order valence-electron chi connectivity index (χ3n) is 5.36. The van der Waals surface area contributed by atoms with E-state index in [1.807, 2.05) is 27.7 Å². The highest BCUT2D eigenvalue weighted by Crippen LogP contribution is 2.36. The first-order valence-electron chi connectivity index (χ1n) is 9.05. The lowest BCUT2D eigenvalue weighted by Crippen LogP contribution is -2.41. The summed E-state index contributed by atoms with van der Waals surface area (Å²) in [5.74, 6) is -0.433. The molecule has 2 fully saturated rings. The van der Waals surface area contributed by atoms with Crippen molar-refractivity contribution in [3.8, 4) is 0 Å². The van der Waals surface area contributed by atoms with E-state index >= 15 is 0 Å². The number of aliphatic hydroxyl groups is 2. The Bertz CT molecular complexity index is 672. The Kier molecular flexibility index (Phi) is 5.84. The second kappa shape index (κ2) is 7.67. The number of carbonyl (C=O) groups excluding carboxylic acids is 1. The highest BCUT2D eigenvalue weighted by atomic mass is 32.2. The summed E-state index contributed by atoms with van der Waals surface area (Å²) in [6.45, 7) is 8.49. The Labute approximate surface area is 163 Å². The quantitative estimate of drug-likeness (QED) is 0.523. The number of nitrogens with zero attached hydrogens (tertiary/aromatic N) is 3. The molecule has 2 atom stereocenters. The minimum Gasteiger partial charge on any atom is -0.399 e. The summed E-state index contributed by atoms with van der Waals surface area (Å²) in [6, 6.07) is 0. The molecule has 0 saturated carbocycles. The smallest absolute Gasteiger partial charge is 0.399 e. The molecule has 2 aliphatic rings. The second-order valence-corrected chi connectivity index (χ2v) is 9.17. The van der Waals surface area contributed by atoms with Gasteiger partial charge in [0.05, 0.1) is 17.8 Å². The van der Waals surface area contributed by atoms with Crippen molar-refractivity contribution in [2.75, 3.05) is 19.7 Å². The zero-order valence-corrected chi connectivity index (χ0v) is 16.9. The molecular formula is C17H26BN3O5S. The number of hydrogen-bond acceptors (Lipinski definition) is 8. The molecule has 0 spiro atoms.